The standard InChI is InChI=1S/C26H42N2O3/c1-8-21(20(4)22-9-11-24(12-10-22)30-19(2)3)13-16-27-23-14-17-28(18-15-23)25(29)31-26(5,6)7/h9-12,19,23,27H,8,13-18H2,1-7H3/b21-20+. The first-order valence-corrected chi connectivity index (χ1v) is 11.8. The second-order valence-electron chi connectivity index (χ2n) is 9.72. The quantitative estimate of drug-likeness (QED) is 0.546. The molecule has 5 heteroatoms. The average Bonchev–Trinajstić information content (AvgIpc) is 2.70. The Kier molecular flexibility index (Phi) is 9.42. The molecule has 1 aliphatic rings. The Morgan fingerprint density at radius 3 is 2.29 bits per heavy atom. The van der Waals surface area contributed by atoms with Gasteiger partial charge in [0.05, 0.1) is 6.10 Å². The zero-order valence-corrected chi connectivity index (χ0v) is 20.6. The fraction of sp³-hybridized carbons (Fsp3) is 0.654. The maximum absolute atomic E-state index is 12.2. The molecule has 1 aromatic rings. The number of hydrogen-bond acceptors (Lipinski definition) is 4. The minimum atomic E-state index is -0.436. The Morgan fingerprint density at radius 1 is 1.16 bits per heavy atom. The van der Waals surface area contributed by atoms with Crippen molar-refractivity contribution in [2.75, 3.05) is 19.6 Å². The molecule has 1 heterocycles. The van der Waals surface area contributed by atoms with E-state index in [2.05, 4.69) is 43.4 Å². The van der Waals surface area contributed by atoms with Crippen molar-refractivity contribution in [2.45, 2.75) is 91.9 Å². The van der Waals surface area contributed by atoms with Crippen LogP contribution in [0.2, 0.25) is 0 Å². The van der Waals surface area contributed by atoms with E-state index < -0.39 is 5.60 Å². The molecule has 1 saturated heterocycles. The Bertz CT molecular complexity index is 724. The van der Waals surface area contributed by atoms with Crippen molar-refractivity contribution in [3.05, 3.63) is 35.4 Å². The minimum absolute atomic E-state index is 0.191. The highest BCUT2D eigenvalue weighted by Crippen LogP contribution is 2.25. The number of likely N-dealkylation sites (tertiary alicyclic amines) is 1. The van der Waals surface area contributed by atoms with E-state index in [4.69, 9.17) is 9.47 Å². The van der Waals surface area contributed by atoms with Gasteiger partial charge in [0.25, 0.3) is 0 Å². The van der Waals surface area contributed by atoms with Gasteiger partial charge in [-0.2, -0.15) is 0 Å². The summed E-state index contributed by atoms with van der Waals surface area (Å²) in [5.74, 6) is 0.920. The number of rotatable bonds is 8. The van der Waals surface area contributed by atoms with E-state index in [1.165, 1.54) is 16.7 Å². The summed E-state index contributed by atoms with van der Waals surface area (Å²) in [6.45, 7) is 16.7. The monoisotopic (exact) mass is 430 g/mol. The Balaban J connectivity index is 1.82. The molecule has 0 bridgehead atoms. The van der Waals surface area contributed by atoms with E-state index in [9.17, 15) is 4.79 Å². The number of ether oxygens (including phenoxy) is 2. The number of piperidine rings is 1. The van der Waals surface area contributed by atoms with Gasteiger partial charge in [0.1, 0.15) is 11.4 Å². The van der Waals surface area contributed by atoms with Crippen molar-refractivity contribution in [2.24, 2.45) is 0 Å². The molecule has 2 rings (SSSR count). The third kappa shape index (κ3) is 8.56. The molecular formula is C26H42N2O3. The van der Waals surface area contributed by atoms with Crippen molar-refractivity contribution in [3.8, 4) is 5.75 Å². The topological polar surface area (TPSA) is 50.8 Å². The van der Waals surface area contributed by atoms with Crippen molar-refractivity contribution < 1.29 is 14.3 Å². The van der Waals surface area contributed by atoms with Gasteiger partial charge in [-0.15, -0.1) is 0 Å². The van der Waals surface area contributed by atoms with Gasteiger partial charge >= 0.3 is 6.09 Å². The number of allylic oxidation sites excluding steroid dienone is 1. The van der Waals surface area contributed by atoms with Crippen molar-refractivity contribution in [1.29, 1.82) is 0 Å². The molecule has 5 nitrogen and oxygen atoms in total. The number of benzene rings is 1. The lowest BCUT2D eigenvalue weighted by molar-refractivity contribution is 0.0198. The molecule has 1 fully saturated rings. The zero-order chi connectivity index (χ0) is 23.0. The molecular weight excluding hydrogens is 388 g/mol. The van der Waals surface area contributed by atoms with Gasteiger partial charge in [-0.1, -0.05) is 24.6 Å². The van der Waals surface area contributed by atoms with Gasteiger partial charge in [0, 0.05) is 19.1 Å². The van der Waals surface area contributed by atoms with E-state index in [0.717, 1.165) is 51.1 Å². The maximum Gasteiger partial charge on any atom is 0.410 e. The largest absolute Gasteiger partial charge is 0.491 e. The molecule has 1 amide bonds. The van der Waals surface area contributed by atoms with Crippen LogP contribution in [0.1, 0.15) is 79.7 Å². The Labute approximate surface area is 189 Å². The first-order valence-electron chi connectivity index (χ1n) is 11.8. The van der Waals surface area contributed by atoms with Gasteiger partial charge < -0.3 is 19.7 Å². The number of amides is 1. The second kappa shape index (κ2) is 11.6. The molecule has 0 unspecified atom stereocenters. The summed E-state index contributed by atoms with van der Waals surface area (Å²) in [6, 6.07) is 8.89. The van der Waals surface area contributed by atoms with E-state index in [-0.39, 0.29) is 12.2 Å². The van der Waals surface area contributed by atoms with E-state index >= 15 is 0 Å². The van der Waals surface area contributed by atoms with Crippen LogP contribution < -0.4 is 10.1 Å². The molecule has 1 N–H and O–H groups in total. The predicted molar refractivity (Wildman–Crippen MR) is 129 cm³/mol. The molecule has 1 aromatic carbocycles. The van der Waals surface area contributed by atoms with Gasteiger partial charge in [-0.05, 0) is 97.0 Å². The summed E-state index contributed by atoms with van der Waals surface area (Å²) in [4.78, 5) is 14.0. The number of nitrogens with zero attached hydrogens (tertiary/aromatic N) is 1. The molecule has 0 saturated carbocycles. The lowest BCUT2D eigenvalue weighted by Gasteiger charge is -2.34. The second-order valence-corrected chi connectivity index (χ2v) is 9.72. The van der Waals surface area contributed by atoms with E-state index in [1.807, 2.05) is 39.5 Å². The highest BCUT2D eigenvalue weighted by atomic mass is 16.6. The molecule has 0 radical (unpaired) electrons. The average molecular weight is 431 g/mol. The predicted octanol–water partition coefficient (Wildman–Crippen LogP) is 6.04. The molecule has 0 spiro atoms. The van der Waals surface area contributed by atoms with Crippen LogP contribution in [0.25, 0.3) is 5.57 Å². The fourth-order valence-corrected chi connectivity index (χ4v) is 3.91. The number of carbonyl (C=O) groups excluding carboxylic acids is 1. The summed E-state index contributed by atoms with van der Waals surface area (Å²) in [7, 11) is 0. The van der Waals surface area contributed by atoms with Gasteiger partial charge in [0.15, 0.2) is 0 Å². The lowest BCUT2D eigenvalue weighted by Crippen LogP contribution is -2.46. The van der Waals surface area contributed by atoms with Gasteiger partial charge in [0.2, 0.25) is 0 Å². The van der Waals surface area contributed by atoms with Gasteiger partial charge in [-0.3, -0.25) is 0 Å². The maximum atomic E-state index is 12.2. The summed E-state index contributed by atoms with van der Waals surface area (Å²) in [5.41, 5.74) is 3.67. The van der Waals surface area contributed by atoms with Crippen LogP contribution in [0.4, 0.5) is 4.79 Å². The molecule has 31 heavy (non-hydrogen) atoms. The number of nitrogens with one attached hydrogen (secondary N) is 1. The Morgan fingerprint density at radius 2 is 1.77 bits per heavy atom. The third-order valence-corrected chi connectivity index (χ3v) is 5.62. The van der Waals surface area contributed by atoms with Crippen LogP contribution in [0.3, 0.4) is 0 Å². The van der Waals surface area contributed by atoms with Crippen LogP contribution in [0, 0.1) is 0 Å². The first-order chi connectivity index (χ1) is 14.6. The van der Waals surface area contributed by atoms with Crippen molar-refractivity contribution >= 4 is 11.7 Å². The molecule has 0 aliphatic carbocycles. The minimum Gasteiger partial charge on any atom is -0.491 e. The summed E-state index contributed by atoms with van der Waals surface area (Å²) < 4.78 is 11.2. The summed E-state index contributed by atoms with van der Waals surface area (Å²) in [6.07, 6.45) is 4.04. The van der Waals surface area contributed by atoms with Gasteiger partial charge in [-0.25, -0.2) is 4.79 Å². The molecule has 174 valence electrons. The normalized spacial score (nSPS) is 16.3. The summed E-state index contributed by atoms with van der Waals surface area (Å²) in [5, 5.41) is 3.70. The van der Waals surface area contributed by atoms with Crippen molar-refractivity contribution in [1.82, 2.24) is 10.2 Å². The molecule has 0 aromatic heterocycles. The van der Waals surface area contributed by atoms with E-state index in [1.54, 1.807) is 0 Å². The van der Waals surface area contributed by atoms with Crippen LogP contribution in [0.15, 0.2) is 29.8 Å². The summed E-state index contributed by atoms with van der Waals surface area (Å²) >= 11 is 0. The highest BCUT2D eigenvalue weighted by molar-refractivity contribution is 5.68. The lowest BCUT2D eigenvalue weighted by atomic mass is 9.97. The third-order valence-electron chi connectivity index (χ3n) is 5.62. The Hall–Kier alpha value is -2.01. The number of carbonyl (C=O) groups is 1. The van der Waals surface area contributed by atoms with Crippen LogP contribution in [0.5, 0.6) is 5.75 Å². The van der Waals surface area contributed by atoms with E-state index in [0.29, 0.717) is 6.04 Å². The SMILES string of the molecule is CC/C(CCNC1CCN(C(=O)OC(C)(C)C)CC1)=C(/C)c1ccc(OC(C)C)cc1. The molecule has 0 atom stereocenters. The fourth-order valence-electron chi connectivity index (χ4n) is 3.91. The van der Waals surface area contributed by atoms with Crippen LogP contribution in [-0.2, 0) is 4.74 Å². The van der Waals surface area contributed by atoms with Crippen molar-refractivity contribution in [3.63, 3.8) is 0 Å². The van der Waals surface area contributed by atoms with Crippen LogP contribution >= 0.6 is 0 Å². The molecule has 1 aliphatic heterocycles. The van der Waals surface area contributed by atoms with Crippen LogP contribution in [-0.4, -0.2) is 48.4 Å². The highest BCUT2D eigenvalue weighted by Gasteiger charge is 2.26. The number of hydrogen-bond donors (Lipinski definition) is 1. The smallest absolute Gasteiger partial charge is 0.410 e. The zero-order valence-electron chi connectivity index (χ0n) is 20.6. The first kappa shape index (κ1) is 25.3.